The van der Waals surface area contributed by atoms with Gasteiger partial charge in [-0.3, -0.25) is 4.79 Å². The van der Waals surface area contributed by atoms with Gasteiger partial charge in [-0.15, -0.1) is 0 Å². The summed E-state index contributed by atoms with van der Waals surface area (Å²) in [5, 5.41) is 2.98. The van der Waals surface area contributed by atoms with Crippen molar-refractivity contribution >= 4 is 27.5 Å². The molecule has 2 aromatic carbocycles. The molecule has 0 saturated carbocycles. The number of nitrogens with one attached hydrogen (secondary N) is 1. The van der Waals surface area contributed by atoms with Crippen molar-refractivity contribution in [2.45, 2.75) is 26.2 Å². The Morgan fingerprint density at radius 1 is 1.20 bits per heavy atom. The number of aryl methyl sites for hydroxylation is 1. The first-order valence-electron chi connectivity index (χ1n) is 6.67. The fraction of sp³-hybridized carbons (Fsp3) is 0.235. The average Bonchev–Trinajstić information content (AvgIpc) is 2.43. The highest BCUT2D eigenvalue weighted by Gasteiger charge is 2.12. The quantitative estimate of drug-likeness (QED) is 0.849. The number of benzene rings is 2. The van der Waals surface area contributed by atoms with E-state index >= 15 is 0 Å². The van der Waals surface area contributed by atoms with Crippen LogP contribution in [0.1, 0.15) is 30.4 Å². The van der Waals surface area contributed by atoms with Gasteiger partial charge in [-0.25, -0.2) is 0 Å². The molecule has 1 amide bonds. The Labute approximate surface area is 128 Å². The van der Waals surface area contributed by atoms with E-state index in [1.54, 1.807) is 0 Å². The Balaban J connectivity index is 1.99. The summed E-state index contributed by atoms with van der Waals surface area (Å²) in [6.07, 6.45) is 0.486. The highest BCUT2D eigenvalue weighted by molar-refractivity contribution is 9.10. The molecule has 20 heavy (non-hydrogen) atoms. The van der Waals surface area contributed by atoms with Gasteiger partial charge in [0.2, 0.25) is 5.91 Å². The summed E-state index contributed by atoms with van der Waals surface area (Å²) in [5.74, 6) is 0.263. The second kappa shape index (κ2) is 6.71. The summed E-state index contributed by atoms with van der Waals surface area (Å²) < 4.78 is 1.02. The first-order chi connectivity index (χ1) is 9.56. The van der Waals surface area contributed by atoms with Crippen molar-refractivity contribution < 1.29 is 4.79 Å². The summed E-state index contributed by atoms with van der Waals surface area (Å²) in [6.45, 7) is 4.06. The van der Waals surface area contributed by atoms with Crippen LogP contribution in [0.3, 0.4) is 0 Å². The molecular formula is C17H18BrNO. The molecule has 0 aliphatic carbocycles. The Kier molecular flexibility index (Phi) is 4.96. The molecule has 0 aliphatic heterocycles. The fourth-order valence-corrected chi connectivity index (χ4v) is 2.62. The van der Waals surface area contributed by atoms with Gasteiger partial charge in [0, 0.05) is 16.6 Å². The number of amides is 1. The standard InChI is InChI=1S/C17H18BrNO/c1-12(14-6-4-3-5-7-14)11-17(20)19-16-9-8-15(18)10-13(16)2/h3-10,12H,11H2,1-2H3,(H,19,20)/t12-/m1/s1. The van der Waals surface area contributed by atoms with E-state index in [0.717, 1.165) is 15.7 Å². The van der Waals surface area contributed by atoms with Crippen molar-refractivity contribution in [3.63, 3.8) is 0 Å². The van der Waals surface area contributed by atoms with Crippen LogP contribution in [-0.4, -0.2) is 5.91 Å². The maximum atomic E-state index is 12.1. The average molecular weight is 332 g/mol. The van der Waals surface area contributed by atoms with E-state index in [0.29, 0.717) is 6.42 Å². The molecular weight excluding hydrogens is 314 g/mol. The van der Waals surface area contributed by atoms with Crippen LogP contribution >= 0.6 is 15.9 Å². The Hall–Kier alpha value is -1.61. The number of carbonyl (C=O) groups is 1. The SMILES string of the molecule is Cc1cc(Br)ccc1NC(=O)C[C@@H](C)c1ccccc1. The predicted molar refractivity (Wildman–Crippen MR) is 87.0 cm³/mol. The minimum Gasteiger partial charge on any atom is -0.326 e. The van der Waals surface area contributed by atoms with Crippen molar-refractivity contribution in [2.24, 2.45) is 0 Å². The number of hydrogen-bond acceptors (Lipinski definition) is 1. The molecule has 2 nitrogen and oxygen atoms in total. The number of hydrogen-bond donors (Lipinski definition) is 1. The maximum absolute atomic E-state index is 12.1. The lowest BCUT2D eigenvalue weighted by molar-refractivity contribution is -0.116. The van der Waals surface area contributed by atoms with E-state index in [1.807, 2.05) is 43.3 Å². The van der Waals surface area contributed by atoms with Gasteiger partial charge < -0.3 is 5.32 Å². The van der Waals surface area contributed by atoms with Crippen LogP contribution in [0.15, 0.2) is 53.0 Å². The van der Waals surface area contributed by atoms with Crippen LogP contribution in [0, 0.1) is 6.92 Å². The number of carbonyl (C=O) groups excluding carboxylic acids is 1. The van der Waals surface area contributed by atoms with Gasteiger partial charge in [0.1, 0.15) is 0 Å². The summed E-state index contributed by atoms with van der Waals surface area (Å²) in [6, 6.07) is 16.0. The van der Waals surface area contributed by atoms with Gasteiger partial charge >= 0.3 is 0 Å². The monoisotopic (exact) mass is 331 g/mol. The zero-order chi connectivity index (χ0) is 14.5. The lowest BCUT2D eigenvalue weighted by Crippen LogP contribution is -2.15. The first-order valence-corrected chi connectivity index (χ1v) is 7.46. The molecule has 1 N–H and O–H groups in total. The van der Waals surface area contributed by atoms with Gasteiger partial charge in [-0.2, -0.15) is 0 Å². The molecule has 0 radical (unpaired) electrons. The van der Waals surface area contributed by atoms with Crippen LogP contribution < -0.4 is 5.32 Å². The van der Waals surface area contributed by atoms with E-state index in [-0.39, 0.29) is 11.8 Å². The lowest BCUT2D eigenvalue weighted by Gasteiger charge is -2.13. The third-order valence-corrected chi connectivity index (χ3v) is 3.82. The summed E-state index contributed by atoms with van der Waals surface area (Å²) in [7, 11) is 0. The minimum absolute atomic E-state index is 0.0479. The smallest absolute Gasteiger partial charge is 0.224 e. The van der Waals surface area contributed by atoms with Crippen LogP contribution in [0.2, 0.25) is 0 Å². The fourth-order valence-electron chi connectivity index (χ4n) is 2.15. The second-order valence-electron chi connectivity index (χ2n) is 5.02. The highest BCUT2D eigenvalue weighted by Crippen LogP contribution is 2.22. The molecule has 0 unspecified atom stereocenters. The number of anilines is 1. The summed E-state index contributed by atoms with van der Waals surface area (Å²) >= 11 is 3.42. The van der Waals surface area contributed by atoms with Crippen molar-refractivity contribution in [3.05, 3.63) is 64.1 Å². The summed E-state index contributed by atoms with van der Waals surface area (Å²) in [5.41, 5.74) is 3.12. The second-order valence-corrected chi connectivity index (χ2v) is 5.94. The third-order valence-electron chi connectivity index (χ3n) is 3.32. The van der Waals surface area contributed by atoms with Gasteiger partial charge in [0.25, 0.3) is 0 Å². The van der Waals surface area contributed by atoms with Gasteiger partial charge in [-0.1, -0.05) is 53.2 Å². The predicted octanol–water partition coefficient (Wildman–Crippen LogP) is 4.89. The molecule has 0 spiro atoms. The highest BCUT2D eigenvalue weighted by atomic mass is 79.9. The van der Waals surface area contributed by atoms with Crippen LogP contribution in [0.25, 0.3) is 0 Å². The lowest BCUT2D eigenvalue weighted by atomic mass is 9.97. The van der Waals surface area contributed by atoms with E-state index in [2.05, 4.69) is 40.3 Å². The topological polar surface area (TPSA) is 29.1 Å². The molecule has 0 aromatic heterocycles. The van der Waals surface area contributed by atoms with E-state index in [4.69, 9.17) is 0 Å². The van der Waals surface area contributed by atoms with E-state index in [1.165, 1.54) is 5.56 Å². The van der Waals surface area contributed by atoms with Crippen molar-refractivity contribution in [1.29, 1.82) is 0 Å². The largest absolute Gasteiger partial charge is 0.326 e. The Morgan fingerprint density at radius 3 is 2.55 bits per heavy atom. The summed E-state index contributed by atoms with van der Waals surface area (Å²) in [4.78, 5) is 12.1. The zero-order valence-electron chi connectivity index (χ0n) is 11.7. The van der Waals surface area contributed by atoms with Crippen molar-refractivity contribution in [2.75, 3.05) is 5.32 Å². The van der Waals surface area contributed by atoms with Crippen LogP contribution in [0.5, 0.6) is 0 Å². The van der Waals surface area contributed by atoms with Crippen LogP contribution in [-0.2, 0) is 4.79 Å². The normalized spacial score (nSPS) is 11.9. The van der Waals surface area contributed by atoms with Crippen molar-refractivity contribution in [3.8, 4) is 0 Å². The molecule has 2 rings (SSSR count). The zero-order valence-corrected chi connectivity index (χ0v) is 13.3. The van der Waals surface area contributed by atoms with Gasteiger partial charge in [-0.05, 0) is 42.2 Å². The van der Waals surface area contributed by atoms with Gasteiger partial charge in [0.05, 0.1) is 0 Å². The van der Waals surface area contributed by atoms with Crippen LogP contribution in [0.4, 0.5) is 5.69 Å². The molecule has 1 atom stereocenters. The maximum Gasteiger partial charge on any atom is 0.224 e. The molecule has 104 valence electrons. The number of rotatable bonds is 4. The van der Waals surface area contributed by atoms with Gasteiger partial charge in [0.15, 0.2) is 0 Å². The van der Waals surface area contributed by atoms with Crippen molar-refractivity contribution in [1.82, 2.24) is 0 Å². The molecule has 0 heterocycles. The molecule has 2 aromatic rings. The Bertz CT molecular complexity index is 595. The molecule has 3 heteroatoms. The van der Waals surface area contributed by atoms with E-state index < -0.39 is 0 Å². The molecule has 0 aliphatic rings. The minimum atomic E-state index is 0.0479. The Morgan fingerprint density at radius 2 is 1.90 bits per heavy atom. The molecule has 0 saturated heterocycles. The third kappa shape index (κ3) is 3.94. The first kappa shape index (κ1) is 14.8. The molecule has 0 fully saturated rings. The molecule has 0 bridgehead atoms. The van der Waals surface area contributed by atoms with E-state index in [9.17, 15) is 4.79 Å². The number of halogens is 1.